The molecule has 0 aliphatic heterocycles. The van der Waals surface area contributed by atoms with Gasteiger partial charge in [0.25, 0.3) is 0 Å². The first kappa shape index (κ1) is 35.0. The number of nitrogens with zero attached hydrogens (tertiary/aromatic N) is 2. The summed E-state index contributed by atoms with van der Waals surface area (Å²) >= 11 is 0.578. The van der Waals surface area contributed by atoms with Gasteiger partial charge in [0.1, 0.15) is 0 Å². The van der Waals surface area contributed by atoms with Gasteiger partial charge in [-0.1, -0.05) is 26.7 Å². The van der Waals surface area contributed by atoms with Crippen LogP contribution in [0.4, 0.5) is 0 Å². The van der Waals surface area contributed by atoms with Gasteiger partial charge in [0, 0.05) is 0 Å². The smallest absolute Gasteiger partial charge is 0.0654 e. The molecule has 7 aromatic rings. The zero-order valence-corrected chi connectivity index (χ0v) is 32.9. The Morgan fingerprint density at radius 1 is 0.460 bits per heavy atom. The van der Waals surface area contributed by atoms with Gasteiger partial charge in [-0.2, -0.15) is 0 Å². The van der Waals surface area contributed by atoms with Gasteiger partial charge >= 0.3 is 282 Å². The molecule has 0 spiro atoms. The van der Waals surface area contributed by atoms with Crippen molar-refractivity contribution in [2.24, 2.45) is 0 Å². The average molecular weight is 795 g/mol. The van der Waals surface area contributed by atoms with Crippen LogP contribution in [0.3, 0.4) is 0 Å². The van der Waals surface area contributed by atoms with Gasteiger partial charge in [-0.05, 0) is 0 Å². The third-order valence-corrected chi connectivity index (χ3v) is 14.2. The minimum Gasteiger partial charge on any atom is -0.0654 e. The second-order valence-electron chi connectivity index (χ2n) is 13.8. The molecule has 0 bridgehead atoms. The van der Waals surface area contributed by atoms with Crippen LogP contribution >= 0.6 is 0 Å². The molecule has 0 amide bonds. The Bertz CT molecular complexity index is 2180. The predicted molar refractivity (Wildman–Crippen MR) is 216 cm³/mol. The third-order valence-electron chi connectivity index (χ3n) is 10.3. The number of aryl methyl sites for hydroxylation is 2. The van der Waals surface area contributed by atoms with Crippen molar-refractivity contribution in [3.8, 4) is 20.0 Å². The molecular weight excluding hydrogens is 746 g/mol. The van der Waals surface area contributed by atoms with E-state index in [1.165, 1.54) is 60.2 Å². The molecule has 4 aromatic heterocycles. The number of hydrogen-bond donors (Lipinski definition) is 0. The van der Waals surface area contributed by atoms with E-state index in [9.17, 15) is 9.59 Å². The first-order valence-corrected chi connectivity index (χ1v) is 22.5. The van der Waals surface area contributed by atoms with Gasteiger partial charge in [0.15, 0.2) is 0 Å². The fraction of sp³-hybridized carbons (Fsp3) is 0.364. The van der Waals surface area contributed by atoms with Crippen LogP contribution in [-0.4, -0.2) is 38.1 Å². The van der Waals surface area contributed by atoms with E-state index in [2.05, 4.69) is 106 Å². The van der Waals surface area contributed by atoms with E-state index in [0.29, 0.717) is 10.8 Å². The van der Waals surface area contributed by atoms with Crippen LogP contribution in [0, 0.1) is 0 Å². The molecule has 258 valence electrons. The summed E-state index contributed by atoms with van der Waals surface area (Å²) in [7, 11) is 0. The molecule has 0 unspecified atom stereocenters. The predicted octanol–water partition coefficient (Wildman–Crippen LogP) is 10.8. The Labute approximate surface area is 307 Å². The van der Waals surface area contributed by atoms with Crippen LogP contribution in [0.2, 0.25) is 0 Å². The van der Waals surface area contributed by atoms with E-state index in [4.69, 9.17) is 0 Å². The number of rotatable bonds is 16. The van der Waals surface area contributed by atoms with E-state index in [-0.39, 0.29) is 39.9 Å². The standard InChI is InChI=1S/C44H48N2O2Se2/c1-3-5-7-9-11-13-23-45-37-21-19-31(41-17-15-25-49-41)27-33(37)43(47)35-30-40-36(29-39(35)45)44(48)34-28-32(42-18-16-26-50-42)20-22-38(34)46(40)24-14-12-10-8-6-4-2/h15-22,25-30H,3-14,23-24H2,1-2H3. The summed E-state index contributed by atoms with van der Waals surface area (Å²) in [6.45, 7) is 6.16. The molecule has 4 nitrogen and oxygen atoms in total. The van der Waals surface area contributed by atoms with Gasteiger partial charge < -0.3 is 0 Å². The normalized spacial score (nSPS) is 11.9. The van der Waals surface area contributed by atoms with Crippen LogP contribution in [0.5, 0.6) is 0 Å². The Morgan fingerprint density at radius 3 is 1.26 bits per heavy atom. The van der Waals surface area contributed by atoms with Gasteiger partial charge in [-0.25, -0.2) is 0 Å². The number of pyridine rings is 2. The number of fused-ring (bicyclic) bond motifs is 4. The maximum atomic E-state index is 14.6. The summed E-state index contributed by atoms with van der Waals surface area (Å²) in [4.78, 5) is 33.6. The quantitative estimate of drug-likeness (QED) is 0.0556. The topological polar surface area (TPSA) is 44.0 Å². The molecule has 50 heavy (non-hydrogen) atoms. The van der Waals surface area contributed by atoms with E-state index < -0.39 is 0 Å². The van der Waals surface area contributed by atoms with E-state index >= 15 is 0 Å². The van der Waals surface area contributed by atoms with Gasteiger partial charge in [0.2, 0.25) is 0 Å². The minimum absolute atomic E-state index is 0.0638. The molecule has 0 radical (unpaired) electrons. The van der Waals surface area contributed by atoms with Crippen molar-refractivity contribution in [1.29, 1.82) is 0 Å². The molecule has 0 fully saturated rings. The van der Waals surface area contributed by atoms with E-state index in [0.717, 1.165) is 82.7 Å². The van der Waals surface area contributed by atoms with Crippen molar-refractivity contribution in [3.05, 3.63) is 103 Å². The van der Waals surface area contributed by atoms with E-state index in [1.54, 1.807) is 0 Å². The second-order valence-corrected chi connectivity index (χ2v) is 17.8. The first-order valence-electron chi connectivity index (χ1n) is 18.8. The van der Waals surface area contributed by atoms with Crippen LogP contribution < -0.4 is 10.9 Å². The number of benzene rings is 3. The third kappa shape index (κ3) is 7.19. The Balaban J connectivity index is 1.43. The van der Waals surface area contributed by atoms with Crippen LogP contribution in [0.15, 0.2) is 92.3 Å². The Morgan fingerprint density at radius 2 is 0.860 bits per heavy atom. The average Bonchev–Trinajstić information content (AvgIpc) is 3.89. The van der Waals surface area contributed by atoms with Crippen LogP contribution in [0.25, 0.3) is 63.6 Å². The molecule has 0 N–H and O–H groups in total. The molecular formula is C44H48N2O2Se2. The summed E-state index contributed by atoms with van der Waals surface area (Å²) < 4.78 is 7.31. The number of aromatic nitrogens is 2. The van der Waals surface area contributed by atoms with Gasteiger partial charge in [-0.3, -0.25) is 0 Å². The molecule has 7 rings (SSSR count). The molecule has 0 aliphatic carbocycles. The minimum atomic E-state index is 0.0638. The molecule has 0 aliphatic rings. The Kier molecular flexibility index (Phi) is 11.4. The second kappa shape index (κ2) is 16.3. The van der Waals surface area contributed by atoms with Gasteiger partial charge in [0.05, 0.1) is 0 Å². The van der Waals surface area contributed by atoms with Crippen molar-refractivity contribution < 1.29 is 0 Å². The van der Waals surface area contributed by atoms with Crippen molar-refractivity contribution >= 4 is 72.6 Å². The first-order chi connectivity index (χ1) is 24.6. The summed E-state index contributed by atoms with van der Waals surface area (Å²) in [5.74, 6) is 0. The van der Waals surface area contributed by atoms with Crippen molar-refractivity contribution in [3.63, 3.8) is 0 Å². The molecule has 4 heterocycles. The van der Waals surface area contributed by atoms with Crippen molar-refractivity contribution in [2.75, 3.05) is 0 Å². The van der Waals surface area contributed by atoms with Gasteiger partial charge in [-0.15, -0.1) is 0 Å². The van der Waals surface area contributed by atoms with Crippen molar-refractivity contribution in [2.45, 2.75) is 104 Å². The fourth-order valence-electron chi connectivity index (χ4n) is 7.62. The van der Waals surface area contributed by atoms with Crippen molar-refractivity contribution in [1.82, 2.24) is 9.13 Å². The molecule has 0 saturated carbocycles. The number of hydrogen-bond acceptors (Lipinski definition) is 2. The molecule has 6 heteroatoms. The van der Waals surface area contributed by atoms with Crippen LogP contribution in [0.1, 0.15) is 90.9 Å². The van der Waals surface area contributed by atoms with Crippen LogP contribution in [-0.2, 0) is 13.1 Å². The summed E-state index contributed by atoms with van der Waals surface area (Å²) in [5.41, 5.74) is 6.11. The zero-order valence-electron chi connectivity index (χ0n) is 29.5. The fourth-order valence-corrected chi connectivity index (χ4v) is 10.7. The SMILES string of the molecule is CCCCCCCCn1c2ccc(-c3ccc[se]3)cc2c(=O)c2cc3c(cc21)c(=O)c1cc(-c2ccc[se]2)ccc1n3CCCCCCCC. The number of unbranched alkanes of at least 4 members (excludes halogenated alkanes) is 10. The molecule has 3 aromatic carbocycles. The van der Waals surface area contributed by atoms with E-state index in [1.807, 2.05) is 0 Å². The summed E-state index contributed by atoms with van der Waals surface area (Å²) in [6.07, 6.45) is 14.4. The maximum absolute atomic E-state index is 14.6. The Hall–Kier alpha value is -3.40. The molecule has 0 saturated heterocycles. The monoisotopic (exact) mass is 796 g/mol. The summed E-state index contributed by atoms with van der Waals surface area (Å²) in [6, 6.07) is 25.7. The zero-order chi connectivity index (χ0) is 34.5. The summed E-state index contributed by atoms with van der Waals surface area (Å²) in [5, 5.41) is 2.99. The molecule has 0 atom stereocenters.